The molecule has 1 aromatic heterocycles. The lowest BCUT2D eigenvalue weighted by molar-refractivity contribution is 0.122. The molecule has 0 radical (unpaired) electrons. The van der Waals surface area contributed by atoms with Gasteiger partial charge in [0, 0.05) is 25.7 Å². The average molecular weight is 252 g/mol. The molecule has 1 unspecified atom stereocenters. The molecule has 0 saturated carbocycles. The van der Waals surface area contributed by atoms with Crippen molar-refractivity contribution in [2.75, 3.05) is 31.6 Å². The topological polar surface area (TPSA) is 78.8 Å². The van der Waals surface area contributed by atoms with Crippen molar-refractivity contribution in [3.8, 4) is 5.88 Å². The number of methoxy groups -OCH3 is 1. The van der Waals surface area contributed by atoms with Gasteiger partial charge in [0.25, 0.3) is 0 Å². The third kappa shape index (κ3) is 2.44. The van der Waals surface area contributed by atoms with E-state index in [1.165, 1.54) is 4.90 Å². The molecule has 1 saturated heterocycles. The summed E-state index contributed by atoms with van der Waals surface area (Å²) in [6.45, 7) is 3.57. The Morgan fingerprint density at radius 1 is 1.50 bits per heavy atom. The van der Waals surface area contributed by atoms with Crippen molar-refractivity contribution in [2.24, 2.45) is 0 Å². The first-order chi connectivity index (χ1) is 8.61. The summed E-state index contributed by atoms with van der Waals surface area (Å²) in [5.74, 6) is 1.17. The fourth-order valence-electron chi connectivity index (χ4n) is 2.04. The zero-order chi connectivity index (χ0) is 13.1. The Bertz CT molecular complexity index is 440. The van der Waals surface area contributed by atoms with Crippen molar-refractivity contribution in [3.63, 3.8) is 0 Å². The van der Waals surface area contributed by atoms with Crippen molar-refractivity contribution in [1.29, 1.82) is 0 Å². The molecule has 1 N–H and O–H groups in total. The highest BCUT2D eigenvalue weighted by molar-refractivity contribution is 5.66. The molecule has 2 heterocycles. The minimum absolute atomic E-state index is 0.0655. The number of aromatic nitrogens is 2. The molecule has 7 nitrogen and oxygen atoms in total. The Hall–Kier alpha value is -2.05. The molecule has 0 aromatic carbocycles. The van der Waals surface area contributed by atoms with Crippen LogP contribution in [0.4, 0.5) is 10.6 Å². The summed E-state index contributed by atoms with van der Waals surface area (Å²) in [4.78, 5) is 22.8. The highest BCUT2D eigenvalue weighted by Crippen LogP contribution is 2.18. The van der Waals surface area contributed by atoms with Crippen molar-refractivity contribution in [3.05, 3.63) is 12.4 Å². The number of ether oxygens (including phenoxy) is 1. The quantitative estimate of drug-likeness (QED) is 0.833. The van der Waals surface area contributed by atoms with Gasteiger partial charge in [0.15, 0.2) is 5.82 Å². The van der Waals surface area contributed by atoms with Crippen LogP contribution < -0.4 is 9.64 Å². The van der Waals surface area contributed by atoms with Gasteiger partial charge in [-0.2, -0.15) is 4.98 Å². The van der Waals surface area contributed by atoms with E-state index in [-0.39, 0.29) is 6.04 Å². The van der Waals surface area contributed by atoms with Crippen LogP contribution in [0.2, 0.25) is 0 Å². The molecule has 1 aliphatic heterocycles. The molecule has 98 valence electrons. The van der Waals surface area contributed by atoms with Crippen LogP contribution in [0.15, 0.2) is 12.4 Å². The van der Waals surface area contributed by atoms with Crippen LogP contribution in [0, 0.1) is 0 Å². The van der Waals surface area contributed by atoms with E-state index in [0.29, 0.717) is 31.3 Å². The predicted molar refractivity (Wildman–Crippen MR) is 65.0 cm³/mol. The van der Waals surface area contributed by atoms with E-state index in [1.54, 1.807) is 19.5 Å². The molecular formula is C11H16N4O3. The number of amides is 1. The predicted octanol–water partition coefficient (Wildman–Crippen LogP) is 0.674. The van der Waals surface area contributed by atoms with Crippen molar-refractivity contribution in [1.82, 2.24) is 14.9 Å². The third-order valence-electron chi connectivity index (χ3n) is 3.01. The van der Waals surface area contributed by atoms with Crippen molar-refractivity contribution in [2.45, 2.75) is 13.0 Å². The molecule has 2 rings (SSSR count). The van der Waals surface area contributed by atoms with E-state index in [2.05, 4.69) is 9.97 Å². The monoisotopic (exact) mass is 252 g/mol. The first-order valence-corrected chi connectivity index (χ1v) is 5.72. The van der Waals surface area contributed by atoms with Crippen LogP contribution in [0.3, 0.4) is 0 Å². The van der Waals surface area contributed by atoms with Gasteiger partial charge >= 0.3 is 6.09 Å². The first-order valence-electron chi connectivity index (χ1n) is 5.72. The zero-order valence-electron chi connectivity index (χ0n) is 10.4. The van der Waals surface area contributed by atoms with Gasteiger partial charge in [-0.05, 0) is 6.92 Å². The Kier molecular flexibility index (Phi) is 3.50. The first kappa shape index (κ1) is 12.4. The summed E-state index contributed by atoms with van der Waals surface area (Å²) in [6, 6.07) is -0.0655. The maximum Gasteiger partial charge on any atom is 0.407 e. The van der Waals surface area contributed by atoms with Crippen LogP contribution in [-0.2, 0) is 0 Å². The van der Waals surface area contributed by atoms with E-state index in [9.17, 15) is 4.79 Å². The van der Waals surface area contributed by atoms with Gasteiger partial charge in [-0.3, -0.25) is 4.98 Å². The summed E-state index contributed by atoms with van der Waals surface area (Å²) < 4.78 is 5.03. The Morgan fingerprint density at radius 3 is 2.89 bits per heavy atom. The SMILES string of the molecule is COc1cncc(N2CCN(C(=O)O)C(C)C2)n1. The lowest BCUT2D eigenvalue weighted by Crippen LogP contribution is -2.53. The maximum absolute atomic E-state index is 11.0. The van der Waals surface area contributed by atoms with E-state index in [4.69, 9.17) is 9.84 Å². The van der Waals surface area contributed by atoms with Crippen molar-refractivity contribution >= 4 is 11.9 Å². The lowest BCUT2D eigenvalue weighted by atomic mass is 10.2. The molecule has 0 spiro atoms. The molecule has 1 fully saturated rings. The fourth-order valence-corrected chi connectivity index (χ4v) is 2.04. The standard InChI is InChI=1S/C11H16N4O3/c1-8-7-14(3-4-15(8)11(16)17)9-5-12-6-10(13-9)18-2/h5-6,8H,3-4,7H2,1-2H3,(H,16,17). The van der Waals surface area contributed by atoms with Gasteiger partial charge in [0.05, 0.1) is 19.5 Å². The van der Waals surface area contributed by atoms with Crippen molar-refractivity contribution < 1.29 is 14.6 Å². The minimum atomic E-state index is -0.876. The number of carboxylic acid groups (broad SMARTS) is 1. The van der Waals surface area contributed by atoms with Crippen LogP contribution in [0.25, 0.3) is 0 Å². The number of hydrogen-bond donors (Lipinski definition) is 1. The Morgan fingerprint density at radius 2 is 2.28 bits per heavy atom. The number of anilines is 1. The number of rotatable bonds is 2. The maximum atomic E-state index is 11.0. The van der Waals surface area contributed by atoms with E-state index < -0.39 is 6.09 Å². The Labute approximate surface area is 105 Å². The Balaban J connectivity index is 2.09. The number of hydrogen-bond acceptors (Lipinski definition) is 5. The summed E-state index contributed by atoms with van der Waals surface area (Å²) in [5.41, 5.74) is 0. The molecule has 0 bridgehead atoms. The third-order valence-corrected chi connectivity index (χ3v) is 3.01. The van der Waals surface area contributed by atoms with Gasteiger partial charge < -0.3 is 19.6 Å². The largest absolute Gasteiger partial charge is 0.480 e. The molecule has 1 aromatic rings. The average Bonchev–Trinajstić information content (AvgIpc) is 2.38. The van der Waals surface area contributed by atoms with E-state index >= 15 is 0 Å². The summed E-state index contributed by atoms with van der Waals surface area (Å²) >= 11 is 0. The number of nitrogens with zero attached hydrogens (tertiary/aromatic N) is 4. The van der Waals surface area contributed by atoms with Crippen LogP contribution in [0.1, 0.15) is 6.92 Å². The normalized spacial score (nSPS) is 19.8. The van der Waals surface area contributed by atoms with Gasteiger partial charge in [-0.15, -0.1) is 0 Å². The molecule has 1 atom stereocenters. The van der Waals surface area contributed by atoms with E-state index in [1.807, 2.05) is 11.8 Å². The van der Waals surface area contributed by atoms with Gasteiger partial charge in [0.2, 0.25) is 5.88 Å². The van der Waals surface area contributed by atoms with Gasteiger partial charge in [-0.1, -0.05) is 0 Å². The summed E-state index contributed by atoms with van der Waals surface area (Å²) in [5, 5.41) is 9.01. The lowest BCUT2D eigenvalue weighted by Gasteiger charge is -2.38. The molecule has 18 heavy (non-hydrogen) atoms. The number of piperazine rings is 1. The van der Waals surface area contributed by atoms with Crippen LogP contribution >= 0.6 is 0 Å². The van der Waals surface area contributed by atoms with Gasteiger partial charge in [-0.25, -0.2) is 4.79 Å². The van der Waals surface area contributed by atoms with Crippen LogP contribution in [0.5, 0.6) is 5.88 Å². The highest BCUT2D eigenvalue weighted by atomic mass is 16.5. The van der Waals surface area contributed by atoms with Crippen LogP contribution in [-0.4, -0.2) is 58.9 Å². The molecule has 7 heteroatoms. The second kappa shape index (κ2) is 5.07. The van der Waals surface area contributed by atoms with E-state index in [0.717, 1.165) is 0 Å². The molecular weight excluding hydrogens is 236 g/mol. The molecule has 1 amide bonds. The van der Waals surface area contributed by atoms with Gasteiger partial charge in [0.1, 0.15) is 0 Å². The minimum Gasteiger partial charge on any atom is -0.480 e. The number of carbonyl (C=O) groups is 1. The summed E-state index contributed by atoms with van der Waals surface area (Å²) in [6.07, 6.45) is 2.32. The fraction of sp³-hybridized carbons (Fsp3) is 0.545. The highest BCUT2D eigenvalue weighted by Gasteiger charge is 2.27. The second-order valence-electron chi connectivity index (χ2n) is 4.19. The smallest absolute Gasteiger partial charge is 0.407 e. The zero-order valence-corrected chi connectivity index (χ0v) is 10.4. The molecule has 0 aliphatic carbocycles. The summed E-state index contributed by atoms with van der Waals surface area (Å²) in [7, 11) is 1.54. The molecule has 1 aliphatic rings. The second-order valence-corrected chi connectivity index (χ2v) is 4.19.